The topological polar surface area (TPSA) is 73.9 Å². The van der Waals surface area contributed by atoms with Crippen molar-refractivity contribution >= 4 is 17.6 Å². The molecular weight excluding hydrogens is 332 g/mol. The maximum atomic E-state index is 12.0. The first kappa shape index (κ1) is 21.9. The highest BCUT2D eigenvalue weighted by atomic mass is 16.5. The van der Waals surface area contributed by atoms with E-state index in [2.05, 4.69) is 29.4 Å². The molecule has 0 heterocycles. The molecule has 0 aliphatic carbocycles. The maximum absolute atomic E-state index is 12.0. The Kier molecular flexibility index (Phi) is 9.69. The predicted molar refractivity (Wildman–Crippen MR) is 105 cm³/mol. The minimum absolute atomic E-state index is 0.102. The fourth-order valence-corrected chi connectivity index (χ4v) is 2.39. The summed E-state index contributed by atoms with van der Waals surface area (Å²) in [4.78, 5) is 27.9. The van der Waals surface area contributed by atoms with Gasteiger partial charge in [-0.2, -0.15) is 0 Å². The zero-order valence-corrected chi connectivity index (χ0v) is 16.6. The lowest BCUT2D eigenvalue weighted by Crippen LogP contribution is -2.33. The molecule has 2 N–H and O–H groups in total. The third kappa shape index (κ3) is 7.41. The third-order valence-electron chi connectivity index (χ3n) is 4.12. The molecule has 0 saturated heterocycles. The zero-order chi connectivity index (χ0) is 19.5. The third-order valence-corrected chi connectivity index (χ3v) is 4.12. The van der Waals surface area contributed by atoms with E-state index in [0.29, 0.717) is 31.0 Å². The second-order valence-corrected chi connectivity index (χ2v) is 6.25. The van der Waals surface area contributed by atoms with Crippen molar-refractivity contribution in [3.63, 3.8) is 0 Å². The summed E-state index contributed by atoms with van der Waals surface area (Å²) in [5.74, 6) is -0.102. The SMILES string of the molecule is CCN(CC)CCOCCNC(=O)Nc1cc(C(=O)N(C)C)ccc1C. The van der Waals surface area contributed by atoms with Crippen LogP contribution in [0.5, 0.6) is 0 Å². The molecule has 0 aliphatic heterocycles. The van der Waals surface area contributed by atoms with Gasteiger partial charge in [0.1, 0.15) is 0 Å². The first-order valence-corrected chi connectivity index (χ1v) is 9.06. The molecule has 0 aromatic heterocycles. The van der Waals surface area contributed by atoms with Crippen molar-refractivity contribution < 1.29 is 14.3 Å². The highest BCUT2D eigenvalue weighted by Crippen LogP contribution is 2.17. The van der Waals surface area contributed by atoms with Gasteiger partial charge in [-0.25, -0.2) is 4.79 Å². The number of carbonyl (C=O) groups excluding carboxylic acids is 2. The van der Waals surface area contributed by atoms with Gasteiger partial charge in [0.25, 0.3) is 5.91 Å². The minimum Gasteiger partial charge on any atom is -0.378 e. The van der Waals surface area contributed by atoms with Crippen molar-refractivity contribution in [2.45, 2.75) is 20.8 Å². The number of nitrogens with zero attached hydrogens (tertiary/aromatic N) is 2. The Hall–Kier alpha value is -2.12. The number of benzene rings is 1. The van der Waals surface area contributed by atoms with Crippen molar-refractivity contribution in [1.82, 2.24) is 15.1 Å². The Morgan fingerprint density at radius 3 is 2.42 bits per heavy atom. The molecule has 3 amide bonds. The highest BCUT2D eigenvalue weighted by molar-refractivity contribution is 5.97. The van der Waals surface area contributed by atoms with Crippen LogP contribution in [0, 0.1) is 6.92 Å². The van der Waals surface area contributed by atoms with E-state index in [1.165, 1.54) is 4.90 Å². The molecule has 7 nitrogen and oxygen atoms in total. The van der Waals surface area contributed by atoms with Gasteiger partial charge in [-0.15, -0.1) is 0 Å². The molecule has 0 saturated carbocycles. The monoisotopic (exact) mass is 364 g/mol. The van der Waals surface area contributed by atoms with Gasteiger partial charge in [0.05, 0.1) is 13.2 Å². The standard InChI is InChI=1S/C19H32N4O3/c1-6-23(7-2)11-13-26-12-10-20-19(25)21-17-14-16(9-8-15(17)3)18(24)22(4)5/h8-9,14H,6-7,10-13H2,1-5H3,(H2,20,21,25). The van der Waals surface area contributed by atoms with Crippen LogP contribution in [0.3, 0.4) is 0 Å². The van der Waals surface area contributed by atoms with Crippen molar-refractivity contribution in [3.8, 4) is 0 Å². The molecule has 1 rings (SSSR count). The molecule has 0 radical (unpaired) electrons. The molecule has 0 bridgehead atoms. The normalized spacial score (nSPS) is 10.7. The molecule has 0 unspecified atom stereocenters. The summed E-state index contributed by atoms with van der Waals surface area (Å²) in [5.41, 5.74) is 2.05. The van der Waals surface area contributed by atoms with Gasteiger partial charge in [-0.3, -0.25) is 4.79 Å². The highest BCUT2D eigenvalue weighted by Gasteiger charge is 2.11. The summed E-state index contributed by atoms with van der Waals surface area (Å²) < 4.78 is 5.53. The Morgan fingerprint density at radius 1 is 1.12 bits per heavy atom. The van der Waals surface area contributed by atoms with Gasteiger partial charge >= 0.3 is 6.03 Å². The molecule has 0 fully saturated rings. The van der Waals surface area contributed by atoms with Gasteiger partial charge in [0.2, 0.25) is 0 Å². The van der Waals surface area contributed by atoms with Crippen molar-refractivity contribution in [2.75, 3.05) is 58.8 Å². The number of ether oxygens (including phenoxy) is 1. The van der Waals surface area contributed by atoms with Crippen LogP contribution in [0.1, 0.15) is 29.8 Å². The first-order chi connectivity index (χ1) is 12.4. The maximum Gasteiger partial charge on any atom is 0.319 e. The first-order valence-electron chi connectivity index (χ1n) is 9.06. The van der Waals surface area contributed by atoms with E-state index in [-0.39, 0.29) is 11.9 Å². The number of nitrogens with one attached hydrogen (secondary N) is 2. The number of anilines is 1. The number of hydrogen-bond acceptors (Lipinski definition) is 4. The number of hydrogen-bond donors (Lipinski definition) is 2. The summed E-state index contributed by atoms with van der Waals surface area (Å²) in [6, 6.07) is 4.96. The lowest BCUT2D eigenvalue weighted by Gasteiger charge is -2.17. The Labute approximate surface area is 156 Å². The lowest BCUT2D eigenvalue weighted by molar-refractivity contribution is 0.0827. The van der Waals surface area contributed by atoms with Crippen LogP contribution in [0.25, 0.3) is 0 Å². The van der Waals surface area contributed by atoms with Gasteiger partial charge in [0, 0.05) is 38.4 Å². The number of likely N-dealkylation sites (N-methyl/N-ethyl adjacent to an activating group) is 1. The molecule has 0 aliphatic rings. The van der Waals surface area contributed by atoms with Gasteiger partial charge in [0.15, 0.2) is 0 Å². The van der Waals surface area contributed by atoms with Gasteiger partial charge in [-0.05, 0) is 37.7 Å². The fraction of sp³-hybridized carbons (Fsp3) is 0.579. The van der Waals surface area contributed by atoms with E-state index < -0.39 is 0 Å². The fourth-order valence-electron chi connectivity index (χ4n) is 2.39. The quantitative estimate of drug-likeness (QED) is 0.624. The Bertz CT molecular complexity index is 586. The van der Waals surface area contributed by atoms with E-state index >= 15 is 0 Å². The number of aryl methyl sites for hydroxylation is 1. The van der Waals surface area contributed by atoms with E-state index in [4.69, 9.17) is 4.74 Å². The minimum atomic E-state index is -0.310. The zero-order valence-electron chi connectivity index (χ0n) is 16.6. The number of carbonyl (C=O) groups is 2. The molecule has 0 spiro atoms. The van der Waals surface area contributed by atoms with Crippen LogP contribution >= 0.6 is 0 Å². The van der Waals surface area contributed by atoms with E-state index in [0.717, 1.165) is 25.2 Å². The summed E-state index contributed by atoms with van der Waals surface area (Å²) in [6.07, 6.45) is 0. The number of rotatable bonds is 10. The average Bonchev–Trinajstić information content (AvgIpc) is 2.62. The summed E-state index contributed by atoms with van der Waals surface area (Å²) in [6.45, 7) is 10.6. The molecule has 0 atom stereocenters. The summed E-state index contributed by atoms with van der Waals surface area (Å²) in [7, 11) is 3.39. The van der Waals surface area contributed by atoms with Crippen LogP contribution in [0.2, 0.25) is 0 Å². The van der Waals surface area contributed by atoms with Crippen LogP contribution in [-0.2, 0) is 4.74 Å². The van der Waals surface area contributed by atoms with Crippen LogP contribution in [-0.4, -0.2) is 75.2 Å². The second-order valence-electron chi connectivity index (χ2n) is 6.25. The largest absolute Gasteiger partial charge is 0.378 e. The molecule has 1 aromatic rings. The summed E-state index contributed by atoms with van der Waals surface area (Å²) in [5, 5.41) is 5.55. The molecule has 7 heteroatoms. The van der Waals surface area contributed by atoms with Crippen LogP contribution in [0.15, 0.2) is 18.2 Å². The van der Waals surface area contributed by atoms with Crippen molar-refractivity contribution in [1.29, 1.82) is 0 Å². The second kappa shape index (κ2) is 11.5. The van der Waals surface area contributed by atoms with Crippen LogP contribution in [0.4, 0.5) is 10.5 Å². The molecule has 1 aromatic carbocycles. The average molecular weight is 364 g/mol. The predicted octanol–water partition coefficient (Wildman–Crippen LogP) is 2.18. The number of amides is 3. The lowest BCUT2D eigenvalue weighted by atomic mass is 10.1. The Morgan fingerprint density at radius 2 is 1.81 bits per heavy atom. The smallest absolute Gasteiger partial charge is 0.319 e. The number of urea groups is 1. The van der Waals surface area contributed by atoms with Gasteiger partial charge < -0.3 is 25.2 Å². The molecular formula is C19H32N4O3. The summed E-state index contributed by atoms with van der Waals surface area (Å²) >= 11 is 0. The van der Waals surface area contributed by atoms with Gasteiger partial charge in [-0.1, -0.05) is 19.9 Å². The van der Waals surface area contributed by atoms with Crippen molar-refractivity contribution in [3.05, 3.63) is 29.3 Å². The van der Waals surface area contributed by atoms with E-state index in [9.17, 15) is 9.59 Å². The van der Waals surface area contributed by atoms with Crippen LogP contribution < -0.4 is 10.6 Å². The van der Waals surface area contributed by atoms with Crippen molar-refractivity contribution in [2.24, 2.45) is 0 Å². The molecule has 26 heavy (non-hydrogen) atoms. The Balaban J connectivity index is 2.39. The molecule has 146 valence electrons. The van der Waals surface area contributed by atoms with E-state index in [1.54, 1.807) is 26.2 Å². The van der Waals surface area contributed by atoms with E-state index in [1.807, 2.05) is 13.0 Å².